The molecule has 0 N–H and O–H groups in total. The van der Waals surface area contributed by atoms with Crippen LogP contribution in [0.4, 0.5) is 5.69 Å². The van der Waals surface area contributed by atoms with Crippen LogP contribution in [-0.2, 0) is 11.2 Å². The zero-order chi connectivity index (χ0) is 23.8. The van der Waals surface area contributed by atoms with Gasteiger partial charge in [-0.05, 0) is 49.2 Å². The molecule has 3 aromatic carbocycles. The molecular weight excluding hydrogens is 460 g/mol. The van der Waals surface area contributed by atoms with Gasteiger partial charge in [-0.1, -0.05) is 60.3 Å². The fourth-order valence-electron chi connectivity index (χ4n) is 4.53. The van der Waals surface area contributed by atoms with Crippen LogP contribution in [-0.4, -0.2) is 39.1 Å². The molecule has 0 spiro atoms. The minimum Gasteiger partial charge on any atom is -0.485 e. The molecule has 0 radical (unpaired) electrons. The lowest BCUT2D eigenvalue weighted by molar-refractivity contribution is -0.117. The smallest absolute Gasteiger partial charge is 0.240 e. The van der Waals surface area contributed by atoms with Crippen molar-refractivity contribution >= 4 is 23.4 Å². The van der Waals surface area contributed by atoms with Crippen molar-refractivity contribution in [3.05, 3.63) is 90.3 Å². The first-order chi connectivity index (χ1) is 17.2. The maximum absolute atomic E-state index is 13.4. The van der Waals surface area contributed by atoms with Gasteiger partial charge in [0, 0.05) is 17.9 Å². The number of para-hydroxylation sites is 4. The highest BCUT2D eigenvalue weighted by atomic mass is 32.2. The van der Waals surface area contributed by atoms with Gasteiger partial charge in [0.25, 0.3) is 0 Å². The first kappa shape index (κ1) is 21.7. The summed E-state index contributed by atoms with van der Waals surface area (Å²) in [6.07, 6.45) is 0.452. The number of benzene rings is 3. The number of hydrogen-bond acceptors (Lipinski definition) is 6. The van der Waals surface area contributed by atoms with Crippen LogP contribution in [0, 0.1) is 0 Å². The van der Waals surface area contributed by atoms with Gasteiger partial charge in [-0.3, -0.25) is 9.36 Å². The Morgan fingerprint density at radius 1 is 0.971 bits per heavy atom. The van der Waals surface area contributed by atoms with Crippen molar-refractivity contribution in [3.8, 4) is 17.2 Å². The molecule has 0 unspecified atom stereocenters. The third-order valence-electron chi connectivity index (χ3n) is 6.25. The van der Waals surface area contributed by atoms with Gasteiger partial charge in [-0.25, -0.2) is 0 Å². The molecule has 2 aliphatic rings. The quantitative estimate of drug-likeness (QED) is 0.377. The van der Waals surface area contributed by atoms with Gasteiger partial charge in [0.2, 0.25) is 5.91 Å². The second-order valence-electron chi connectivity index (χ2n) is 8.50. The van der Waals surface area contributed by atoms with E-state index in [2.05, 4.69) is 16.3 Å². The standard InChI is InChI=1S/C27H24N4O3S/c1-18(26(32)30-16-15-19-9-5-6-12-21(19)30)35-27-29-28-25(31(27)20-10-3-2-4-11-20)24-17-33-22-13-7-8-14-23(22)34-24/h2-14,18,24H,15-17H2,1H3/t18-,24+/m1/s1. The summed E-state index contributed by atoms with van der Waals surface area (Å²) in [6, 6.07) is 25.6. The Morgan fingerprint density at radius 3 is 2.57 bits per heavy atom. The highest BCUT2D eigenvalue weighted by Crippen LogP contribution is 2.38. The minimum atomic E-state index is -0.427. The number of amides is 1. The lowest BCUT2D eigenvalue weighted by atomic mass is 10.2. The average Bonchev–Trinajstić information content (AvgIpc) is 3.53. The van der Waals surface area contributed by atoms with Crippen molar-refractivity contribution in [2.45, 2.75) is 29.9 Å². The molecule has 3 heterocycles. The van der Waals surface area contributed by atoms with Crippen LogP contribution in [0.3, 0.4) is 0 Å². The van der Waals surface area contributed by atoms with E-state index in [9.17, 15) is 4.79 Å². The second-order valence-corrected chi connectivity index (χ2v) is 9.81. The fraction of sp³-hybridized carbons (Fsp3) is 0.222. The molecule has 176 valence electrons. The first-order valence-corrected chi connectivity index (χ1v) is 12.5. The van der Waals surface area contributed by atoms with E-state index in [4.69, 9.17) is 9.47 Å². The van der Waals surface area contributed by atoms with E-state index in [-0.39, 0.29) is 11.2 Å². The van der Waals surface area contributed by atoms with E-state index in [1.54, 1.807) is 0 Å². The summed E-state index contributed by atoms with van der Waals surface area (Å²) in [7, 11) is 0. The number of carbonyl (C=O) groups excluding carboxylic acids is 1. The number of carbonyl (C=O) groups is 1. The molecule has 0 saturated carbocycles. The molecule has 2 aliphatic heterocycles. The highest BCUT2D eigenvalue weighted by Gasteiger charge is 2.32. The second kappa shape index (κ2) is 9.11. The summed E-state index contributed by atoms with van der Waals surface area (Å²) >= 11 is 1.41. The number of nitrogens with zero attached hydrogens (tertiary/aromatic N) is 4. The summed E-state index contributed by atoms with van der Waals surface area (Å²) < 4.78 is 14.1. The Kier molecular flexibility index (Phi) is 5.66. The normalized spacial score (nSPS) is 17.2. The summed E-state index contributed by atoms with van der Waals surface area (Å²) in [6.45, 7) is 2.95. The maximum Gasteiger partial charge on any atom is 0.240 e. The molecule has 0 fully saturated rings. The van der Waals surface area contributed by atoms with Crippen LogP contribution in [0.5, 0.6) is 11.5 Å². The largest absolute Gasteiger partial charge is 0.485 e. The third kappa shape index (κ3) is 4.04. The minimum absolute atomic E-state index is 0.0651. The summed E-state index contributed by atoms with van der Waals surface area (Å²) in [5.41, 5.74) is 3.12. The maximum atomic E-state index is 13.4. The van der Waals surface area contributed by atoms with Crippen LogP contribution in [0.2, 0.25) is 0 Å². The fourth-order valence-corrected chi connectivity index (χ4v) is 5.46. The number of fused-ring (bicyclic) bond motifs is 2. The molecule has 7 nitrogen and oxygen atoms in total. The lowest BCUT2D eigenvalue weighted by Gasteiger charge is -2.26. The highest BCUT2D eigenvalue weighted by molar-refractivity contribution is 8.00. The number of anilines is 1. The van der Waals surface area contributed by atoms with Crippen LogP contribution >= 0.6 is 11.8 Å². The Morgan fingerprint density at radius 2 is 1.71 bits per heavy atom. The molecule has 1 amide bonds. The number of thioether (sulfide) groups is 1. The van der Waals surface area contributed by atoms with Crippen LogP contribution in [0.25, 0.3) is 5.69 Å². The van der Waals surface area contributed by atoms with Crippen molar-refractivity contribution in [2.24, 2.45) is 0 Å². The van der Waals surface area contributed by atoms with Gasteiger partial charge in [0.05, 0.1) is 5.25 Å². The van der Waals surface area contributed by atoms with Gasteiger partial charge in [-0.2, -0.15) is 0 Å². The topological polar surface area (TPSA) is 69.5 Å². The van der Waals surface area contributed by atoms with Crippen LogP contribution in [0.15, 0.2) is 84.0 Å². The molecule has 35 heavy (non-hydrogen) atoms. The summed E-state index contributed by atoms with van der Waals surface area (Å²) in [4.78, 5) is 15.3. The number of hydrogen-bond donors (Lipinski definition) is 0. The monoisotopic (exact) mass is 484 g/mol. The van der Waals surface area contributed by atoms with E-state index in [1.165, 1.54) is 17.3 Å². The van der Waals surface area contributed by atoms with E-state index in [0.717, 1.165) is 17.8 Å². The summed E-state index contributed by atoms with van der Waals surface area (Å²) in [5, 5.41) is 9.28. The van der Waals surface area contributed by atoms with Crippen molar-refractivity contribution in [1.29, 1.82) is 0 Å². The van der Waals surface area contributed by atoms with Crippen molar-refractivity contribution in [3.63, 3.8) is 0 Å². The SMILES string of the molecule is C[C@@H](Sc1nnc([C@@H]2COc3ccccc3O2)n1-c1ccccc1)C(=O)N1CCc2ccccc21. The zero-order valence-electron chi connectivity index (χ0n) is 19.2. The van der Waals surface area contributed by atoms with E-state index in [0.29, 0.717) is 35.6 Å². The molecule has 1 aromatic heterocycles. The average molecular weight is 485 g/mol. The number of aromatic nitrogens is 3. The Balaban J connectivity index is 1.30. The molecule has 8 heteroatoms. The molecular formula is C27H24N4O3S. The van der Waals surface area contributed by atoms with Gasteiger partial charge < -0.3 is 14.4 Å². The molecule has 6 rings (SSSR count). The molecule has 0 aliphatic carbocycles. The van der Waals surface area contributed by atoms with Gasteiger partial charge in [-0.15, -0.1) is 10.2 Å². The zero-order valence-corrected chi connectivity index (χ0v) is 20.0. The molecule has 0 bridgehead atoms. The Bertz CT molecular complexity index is 1370. The van der Waals surface area contributed by atoms with Gasteiger partial charge in [0.15, 0.2) is 28.6 Å². The predicted octanol–water partition coefficient (Wildman–Crippen LogP) is 4.85. The van der Waals surface area contributed by atoms with E-state index >= 15 is 0 Å². The third-order valence-corrected chi connectivity index (χ3v) is 7.28. The molecule has 2 atom stereocenters. The van der Waals surface area contributed by atoms with Crippen LogP contribution in [0.1, 0.15) is 24.4 Å². The first-order valence-electron chi connectivity index (χ1n) is 11.6. The predicted molar refractivity (Wildman–Crippen MR) is 134 cm³/mol. The van der Waals surface area contributed by atoms with Crippen molar-refractivity contribution in [1.82, 2.24) is 14.8 Å². The number of ether oxygens (including phenoxy) is 2. The van der Waals surface area contributed by atoms with E-state index in [1.807, 2.05) is 89.2 Å². The molecule has 4 aromatic rings. The molecule has 0 saturated heterocycles. The van der Waals surface area contributed by atoms with Crippen molar-refractivity contribution in [2.75, 3.05) is 18.1 Å². The van der Waals surface area contributed by atoms with E-state index < -0.39 is 6.10 Å². The lowest BCUT2D eigenvalue weighted by Crippen LogP contribution is -2.35. The van der Waals surface area contributed by atoms with Gasteiger partial charge in [0.1, 0.15) is 6.61 Å². The summed E-state index contributed by atoms with van der Waals surface area (Å²) in [5.74, 6) is 2.10. The number of rotatable bonds is 5. The Hall–Kier alpha value is -3.78. The van der Waals surface area contributed by atoms with Gasteiger partial charge >= 0.3 is 0 Å². The van der Waals surface area contributed by atoms with Crippen LogP contribution < -0.4 is 14.4 Å². The van der Waals surface area contributed by atoms with Crippen molar-refractivity contribution < 1.29 is 14.3 Å². The Labute approximate surface area is 207 Å².